The van der Waals surface area contributed by atoms with Gasteiger partial charge in [0.15, 0.2) is 0 Å². The summed E-state index contributed by atoms with van der Waals surface area (Å²) in [4.78, 5) is 17.2. The summed E-state index contributed by atoms with van der Waals surface area (Å²) in [6.45, 7) is 6.08. The summed E-state index contributed by atoms with van der Waals surface area (Å²) in [6, 6.07) is 4.30. The number of ether oxygens (including phenoxy) is 2. The van der Waals surface area contributed by atoms with Crippen LogP contribution in [0.3, 0.4) is 0 Å². The first-order chi connectivity index (χ1) is 20.7. The molecule has 0 aliphatic carbocycles. The van der Waals surface area contributed by atoms with Gasteiger partial charge >= 0.3 is 12.2 Å². The Hall–Kier alpha value is -3.55. The number of nitrogens with one attached hydrogen (secondary N) is 2. The molecule has 8 rings (SSSR count). The van der Waals surface area contributed by atoms with E-state index in [0.717, 1.165) is 55.4 Å². The number of nitrogens with zero attached hydrogens (tertiary/aromatic N) is 5. The molecule has 0 spiro atoms. The number of aromatic nitrogens is 5. The van der Waals surface area contributed by atoms with Crippen LogP contribution in [0.15, 0.2) is 24.5 Å². The maximum Gasteiger partial charge on any atom is 0.417 e. The first-order valence-corrected chi connectivity index (χ1v) is 15.4. The molecule has 4 aromatic heterocycles. The van der Waals surface area contributed by atoms with Gasteiger partial charge in [-0.15, -0.1) is 11.3 Å². The summed E-state index contributed by atoms with van der Waals surface area (Å²) >= 11 is 1.32. The van der Waals surface area contributed by atoms with Gasteiger partial charge in [0.25, 0.3) is 0 Å². The molecule has 0 radical (unpaired) electrons. The number of piperazine rings is 1. The van der Waals surface area contributed by atoms with Crippen molar-refractivity contribution in [2.45, 2.75) is 63.4 Å². The summed E-state index contributed by atoms with van der Waals surface area (Å²) in [5.74, 6) is 0.744. The van der Waals surface area contributed by atoms with Crippen molar-refractivity contribution in [1.29, 1.82) is 0 Å². The molecule has 9 nitrogen and oxygen atoms in total. The maximum absolute atomic E-state index is 14.6. The summed E-state index contributed by atoms with van der Waals surface area (Å²) < 4.78 is 56.5. The first-order valence-electron chi connectivity index (χ1n) is 14.6. The van der Waals surface area contributed by atoms with Gasteiger partial charge in [0.1, 0.15) is 17.3 Å². The van der Waals surface area contributed by atoms with Gasteiger partial charge in [0.2, 0.25) is 0 Å². The number of benzene rings is 1. The van der Waals surface area contributed by atoms with Crippen molar-refractivity contribution in [3.05, 3.63) is 35.7 Å². The van der Waals surface area contributed by atoms with E-state index in [1.165, 1.54) is 30.5 Å². The van der Waals surface area contributed by atoms with Gasteiger partial charge in [-0.1, -0.05) is 0 Å². The molecule has 0 amide bonds. The van der Waals surface area contributed by atoms with Gasteiger partial charge in [-0.25, -0.2) is 0 Å². The highest BCUT2D eigenvalue weighted by Crippen LogP contribution is 2.48. The topological polar surface area (TPSA) is 101 Å². The van der Waals surface area contributed by atoms with Crippen LogP contribution in [-0.2, 0) is 10.9 Å². The number of rotatable bonds is 5. The molecule has 7 heterocycles. The van der Waals surface area contributed by atoms with E-state index in [1.807, 2.05) is 13.0 Å². The van der Waals surface area contributed by atoms with Crippen molar-refractivity contribution in [3.8, 4) is 17.3 Å². The molecule has 224 valence electrons. The van der Waals surface area contributed by atoms with Crippen molar-refractivity contribution >= 4 is 48.4 Å². The minimum absolute atomic E-state index is 0.0194. The number of aromatic amines is 1. The second kappa shape index (κ2) is 9.73. The number of anilines is 1. The quantitative estimate of drug-likeness (QED) is 0.250. The number of alkyl halides is 3. The summed E-state index contributed by atoms with van der Waals surface area (Å²) in [7, 11) is 0. The lowest BCUT2D eigenvalue weighted by Crippen LogP contribution is -2.51. The predicted octanol–water partition coefficient (Wildman–Crippen LogP) is 6.00. The number of hydrogen-bond donors (Lipinski definition) is 2. The molecular weight excluding hydrogens is 579 g/mol. The van der Waals surface area contributed by atoms with E-state index in [0.29, 0.717) is 45.7 Å². The zero-order valence-electron chi connectivity index (χ0n) is 23.7. The minimum atomic E-state index is -4.59. The largest absolute Gasteiger partial charge is 0.460 e. The number of fused-ring (bicyclic) bond motifs is 6. The SMILES string of the molecule is Cc1cc2[nH]ncc2c(-c2nccc3c2sc2nc(OCC4(C)CCCO4)nc(N4CC5CCC(C4)N5)c23)c1C(F)(F)F. The molecule has 3 unspecified atom stereocenters. The van der Waals surface area contributed by atoms with E-state index >= 15 is 0 Å². The average molecular weight is 610 g/mol. The average Bonchev–Trinajstić information content (AvgIpc) is 3.76. The van der Waals surface area contributed by atoms with Crippen LogP contribution in [0.25, 0.3) is 42.5 Å². The van der Waals surface area contributed by atoms with Crippen LogP contribution in [-0.4, -0.2) is 69.1 Å². The molecule has 3 atom stereocenters. The van der Waals surface area contributed by atoms with Gasteiger partial charge in [-0.05, 0) is 57.2 Å². The van der Waals surface area contributed by atoms with E-state index in [9.17, 15) is 13.2 Å². The van der Waals surface area contributed by atoms with Gasteiger partial charge in [-0.2, -0.15) is 28.2 Å². The highest BCUT2D eigenvalue weighted by molar-refractivity contribution is 7.26. The van der Waals surface area contributed by atoms with Crippen LogP contribution in [0.1, 0.15) is 43.7 Å². The fourth-order valence-corrected chi connectivity index (χ4v) is 8.16. The number of aryl methyl sites for hydroxylation is 1. The molecule has 5 aromatic rings. The lowest BCUT2D eigenvalue weighted by Gasteiger charge is -2.34. The van der Waals surface area contributed by atoms with E-state index in [-0.39, 0.29) is 22.8 Å². The number of hydrogen-bond acceptors (Lipinski definition) is 9. The Bertz CT molecular complexity index is 1870. The Morgan fingerprint density at radius 3 is 2.74 bits per heavy atom. The smallest absolute Gasteiger partial charge is 0.417 e. The number of halogens is 3. The van der Waals surface area contributed by atoms with Crippen LogP contribution in [0.2, 0.25) is 0 Å². The van der Waals surface area contributed by atoms with Crippen molar-refractivity contribution in [2.24, 2.45) is 0 Å². The molecule has 3 aliphatic rings. The highest BCUT2D eigenvalue weighted by Gasteiger charge is 2.39. The molecule has 2 N–H and O–H groups in total. The second-order valence-electron chi connectivity index (χ2n) is 12.2. The fraction of sp³-hybridized carbons (Fsp3) is 0.467. The van der Waals surface area contributed by atoms with Crippen molar-refractivity contribution in [3.63, 3.8) is 0 Å². The molecule has 43 heavy (non-hydrogen) atoms. The number of pyridine rings is 1. The molecule has 2 bridgehead atoms. The van der Waals surface area contributed by atoms with Gasteiger partial charge < -0.3 is 19.7 Å². The minimum Gasteiger partial charge on any atom is -0.460 e. The Balaban J connectivity index is 1.35. The Morgan fingerprint density at radius 2 is 2.00 bits per heavy atom. The molecule has 0 saturated carbocycles. The molecule has 1 aromatic carbocycles. The van der Waals surface area contributed by atoms with E-state index in [2.05, 4.69) is 25.4 Å². The predicted molar refractivity (Wildman–Crippen MR) is 159 cm³/mol. The molecule has 3 fully saturated rings. The van der Waals surface area contributed by atoms with E-state index in [4.69, 9.17) is 19.4 Å². The Labute approximate surface area is 248 Å². The lowest BCUT2D eigenvalue weighted by molar-refractivity contribution is -0.137. The lowest BCUT2D eigenvalue weighted by atomic mass is 9.94. The standard InChI is InChI=1S/C30H30F3N7O2S/c1-15-10-20-19(11-35-39-20)21(23(15)30(31,32)33)24-25-18(6-8-34-24)22-26(40-12-16-4-5-17(13-40)36-16)37-28(38-27(22)43-25)41-14-29(2)7-3-9-42-29/h6,8,10-11,16-17,36H,3-5,7,9,12-14H2,1-2H3,(H,35,39). The third kappa shape index (κ3) is 4.51. The van der Waals surface area contributed by atoms with Crippen LogP contribution in [0.5, 0.6) is 6.01 Å². The highest BCUT2D eigenvalue weighted by atomic mass is 32.1. The van der Waals surface area contributed by atoms with Gasteiger partial charge in [-0.3, -0.25) is 10.1 Å². The maximum atomic E-state index is 14.6. The van der Waals surface area contributed by atoms with E-state index < -0.39 is 17.3 Å². The van der Waals surface area contributed by atoms with Crippen LogP contribution in [0, 0.1) is 6.92 Å². The van der Waals surface area contributed by atoms with Crippen LogP contribution in [0.4, 0.5) is 19.0 Å². The number of H-pyrrole nitrogens is 1. The summed E-state index contributed by atoms with van der Waals surface area (Å²) in [5, 5.41) is 12.5. The van der Waals surface area contributed by atoms with Gasteiger partial charge in [0.05, 0.1) is 38.7 Å². The van der Waals surface area contributed by atoms with Crippen molar-refractivity contribution in [2.75, 3.05) is 31.2 Å². The van der Waals surface area contributed by atoms with Crippen molar-refractivity contribution in [1.82, 2.24) is 30.5 Å². The Morgan fingerprint density at radius 1 is 1.19 bits per heavy atom. The zero-order valence-corrected chi connectivity index (χ0v) is 24.5. The van der Waals surface area contributed by atoms with Crippen LogP contribution >= 0.6 is 11.3 Å². The third-order valence-corrected chi connectivity index (χ3v) is 10.1. The van der Waals surface area contributed by atoms with Gasteiger partial charge in [0, 0.05) is 54.3 Å². The second-order valence-corrected chi connectivity index (χ2v) is 13.2. The first kappa shape index (κ1) is 27.0. The molecule has 13 heteroatoms. The molecule has 3 saturated heterocycles. The normalized spacial score (nSPS) is 24.2. The Kier molecular flexibility index (Phi) is 6.12. The monoisotopic (exact) mass is 609 g/mol. The number of thiophene rings is 1. The summed E-state index contributed by atoms with van der Waals surface area (Å²) in [6.07, 6.45) is 2.49. The fourth-order valence-electron chi connectivity index (χ4n) is 7.01. The third-order valence-electron chi connectivity index (χ3n) is 9.00. The summed E-state index contributed by atoms with van der Waals surface area (Å²) in [5.41, 5.74) is -0.212. The zero-order chi connectivity index (χ0) is 29.5. The van der Waals surface area contributed by atoms with Crippen molar-refractivity contribution < 1.29 is 22.6 Å². The molecular formula is C30H30F3N7O2S. The molecule has 3 aliphatic heterocycles. The van der Waals surface area contributed by atoms with Crippen LogP contribution < -0.4 is 15.0 Å². The van der Waals surface area contributed by atoms with E-state index in [1.54, 1.807) is 6.20 Å².